The maximum atomic E-state index is 12.4. The molecule has 0 aromatic heterocycles. The molecule has 27 heavy (non-hydrogen) atoms. The molecule has 0 spiro atoms. The molecule has 0 aliphatic carbocycles. The summed E-state index contributed by atoms with van der Waals surface area (Å²) in [5.74, 6) is -2.66. The van der Waals surface area contributed by atoms with E-state index in [9.17, 15) is 24.6 Å². The second-order valence-corrected chi connectivity index (χ2v) is 6.85. The van der Waals surface area contributed by atoms with E-state index in [1.54, 1.807) is 12.1 Å². The molecule has 0 saturated heterocycles. The summed E-state index contributed by atoms with van der Waals surface area (Å²) in [6.07, 6.45) is 0.289. The van der Waals surface area contributed by atoms with Gasteiger partial charge in [0.1, 0.15) is 12.1 Å². The lowest BCUT2D eigenvalue weighted by Gasteiger charge is -2.22. The number of aliphatic carboxylic acids is 2. The minimum absolute atomic E-state index is 0.0836. The molecule has 144 valence electrons. The zero-order valence-electron chi connectivity index (χ0n) is 15.3. The minimum atomic E-state index is -1.22. The summed E-state index contributed by atoms with van der Waals surface area (Å²) in [6, 6.07) is 10.6. The van der Waals surface area contributed by atoms with E-state index >= 15 is 0 Å². The Balaban J connectivity index is 2.04. The lowest BCUT2D eigenvalue weighted by molar-refractivity contribution is -0.142. The molecular formula is C20H24N2O5. The third-order valence-corrected chi connectivity index (χ3v) is 4.18. The van der Waals surface area contributed by atoms with Crippen LogP contribution in [0.25, 0.3) is 10.8 Å². The fraction of sp³-hybridized carbons (Fsp3) is 0.350. The van der Waals surface area contributed by atoms with Crippen LogP contribution >= 0.6 is 0 Å². The normalized spacial score (nSPS) is 13.3. The number of carboxylic acid groups (broad SMARTS) is 2. The zero-order valence-corrected chi connectivity index (χ0v) is 15.3. The van der Waals surface area contributed by atoms with Crippen LogP contribution in [-0.2, 0) is 9.59 Å². The standard InChI is InChI=1S/C20H24N2O5/c1-12(2)9-16(19(24)25)22-17(20(26)27)11-21-18(23)15-8-7-13-5-3-4-6-14(13)10-15/h3-8,10,12,16-17,22H,9,11H2,1-2H3,(H,21,23)(H,24,25)(H,26,27)/t16-,17?/m0/s1. The second-order valence-electron chi connectivity index (χ2n) is 6.85. The van der Waals surface area contributed by atoms with Gasteiger partial charge in [0.25, 0.3) is 5.91 Å². The van der Waals surface area contributed by atoms with Gasteiger partial charge in [-0.05, 0) is 35.2 Å². The summed E-state index contributed by atoms with van der Waals surface area (Å²) in [5, 5.41) is 25.7. The molecule has 0 bridgehead atoms. The molecule has 2 aromatic rings. The van der Waals surface area contributed by atoms with Gasteiger partial charge in [-0.25, -0.2) is 0 Å². The van der Waals surface area contributed by atoms with Crippen LogP contribution in [0.15, 0.2) is 42.5 Å². The van der Waals surface area contributed by atoms with E-state index in [1.165, 1.54) is 0 Å². The fourth-order valence-electron chi connectivity index (χ4n) is 2.80. The van der Waals surface area contributed by atoms with Crippen molar-refractivity contribution in [3.63, 3.8) is 0 Å². The first-order chi connectivity index (χ1) is 12.8. The SMILES string of the molecule is CC(C)C[C@H](NC(CNC(=O)c1ccc2ccccc2c1)C(=O)O)C(=O)O. The Labute approximate surface area is 157 Å². The van der Waals surface area contributed by atoms with E-state index in [2.05, 4.69) is 10.6 Å². The van der Waals surface area contributed by atoms with Crippen molar-refractivity contribution in [2.24, 2.45) is 5.92 Å². The topological polar surface area (TPSA) is 116 Å². The maximum Gasteiger partial charge on any atom is 0.322 e. The molecule has 0 aliphatic rings. The molecule has 0 radical (unpaired) electrons. The third-order valence-electron chi connectivity index (χ3n) is 4.18. The minimum Gasteiger partial charge on any atom is -0.480 e. The summed E-state index contributed by atoms with van der Waals surface area (Å²) in [6.45, 7) is 3.49. The lowest BCUT2D eigenvalue weighted by Crippen LogP contribution is -2.52. The lowest BCUT2D eigenvalue weighted by atomic mass is 10.0. The van der Waals surface area contributed by atoms with E-state index in [0.29, 0.717) is 5.56 Å². The van der Waals surface area contributed by atoms with Crippen LogP contribution in [-0.4, -0.2) is 46.7 Å². The van der Waals surface area contributed by atoms with Crippen molar-refractivity contribution < 1.29 is 24.6 Å². The summed E-state index contributed by atoms with van der Waals surface area (Å²) >= 11 is 0. The summed E-state index contributed by atoms with van der Waals surface area (Å²) < 4.78 is 0. The Hall–Kier alpha value is -2.93. The van der Waals surface area contributed by atoms with Crippen LogP contribution in [0.4, 0.5) is 0 Å². The van der Waals surface area contributed by atoms with E-state index in [-0.39, 0.29) is 18.9 Å². The van der Waals surface area contributed by atoms with Crippen LogP contribution in [0, 0.1) is 5.92 Å². The molecule has 1 amide bonds. The number of hydrogen-bond donors (Lipinski definition) is 4. The van der Waals surface area contributed by atoms with Crippen molar-refractivity contribution >= 4 is 28.6 Å². The number of amides is 1. The number of nitrogens with one attached hydrogen (secondary N) is 2. The number of fused-ring (bicyclic) bond motifs is 1. The number of carboxylic acids is 2. The molecule has 7 heteroatoms. The van der Waals surface area contributed by atoms with Crippen LogP contribution in [0.1, 0.15) is 30.6 Å². The van der Waals surface area contributed by atoms with Gasteiger partial charge in [-0.3, -0.25) is 19.7 Å². The van der Waals surface area contributed by atoms with E-state index < -0.39 is 29.9 Å². The van der Waals surface area contributed by atoms with Gasteiger partial charge in [-0.15, -0.1) is 0 Å². The van der Waals surface area contributed by atoms with Crippen LogP contribution in [0.2, 0.25) is 0 Å². The van der Waals surface area contributed by atoms with Gasteiger partial charge in [0.15, 0.2) is 0 Å². The molecule has 2 atom stereocenters. The molecule has 0 heterocycles. The molecule has 2 rings (SSSR count). The number of carbonyl (C=O) groups is 3. The molecule has 0 fully saturated rings. The van der Waals surface area contributed by atoms with Crippen molar-refractivity contribution in [1.29, 1.82) is 0 Å². The predicted molar refractivity (Wildman–Crippen MR) is 102 cm³/mol. The van der Waals surface area contributed by atoms with Crippen molar-refractivity contribution in [1.82, 2.24) is 10.6 Å². The first-order valence-electron chi connectivity index (χ1n) is 8.76. The highest BCUT2D eigenvalue weighted by Gasteiger charge is 2.27. The predicted octanol–water partition coefficient (Wildman–Crippen LogP) is 2.11. The highest BCUT2D eigenvalue weighted by Crippen LogP contribution is 2.15. The molecular weight excluding hydrogens is 348 g/mol. The van der Waals surface area contributed by atoms with Gasteiger partial charge in [-0.2, -0.15) is 0 Å². The van der Waals surface area contributed by atoms with Gasteiger partial charge < -0.3 is 15.5 Å². The molecule has 0 saturated carbocycles. The second kappa shape index (κ2) is 9.14. The molecule has 4 N–H and O–H groups in total. The van der Waals surface area contributed by atoms with E-state index in [4.69, 9.17) is 0 Å². The van der Waals surface area contributed by atoms with Gasteiger partial charge in [0.2, 0.25) is 0 Å². The van der Waals surface area contributed by atoms with E-state index in [1.807, 2.05) is 44.2 Å². The van der Waals surface area contributed by atoms with Gasteiger partial charge >= 0.3 is 11.9 Å². The Morgan fingerprint density at radius 2 is 1.56 bits per heavy atom. The zero-order chi connectivity index (χ0) is 20.0. The van der Waals surface area contributed by atoms with E-state index in [0.717, 1.165) is 10.8 Å². The highest BCUT2D eigenvalue weighted by molar-refractivity contribution is 5.98. The maximum absolute atomic E-state index is 12.4. The largest absolute Gasteiger partial charge is 0.480 e. The summed E-state index contributed by atoms with van der Waals surface area (Å²) in [5.41, 5.74) is 0.412. The van der Waals surface area contributed by atoms with Gasteiger partial charge in [0, 0.05) is 12.1 Å². The Morgan fingerprint density at radius 1 is 0.926 bits per heavy atom. The monoisotopic (exact) mass is 372 g/mol. The third kappa shape index (κ3) is 5.79. The Kier molecular flexibility index (Phi) is 6.90. The fourth-order valence-corrected chi connectivity index (χ4v) is 2.80. The smallest absolute Gasteiger partial charge is 0.322 e. The molecule has 1 unspecified atom stereocenters. The average Bonchev–Trinajstić information content (AvgIpc) is 2.62. The van der Waals surface area contributed by atoms with Crippen molar-refractivity contribution in [3.8, 4) is 0 Å². The first-order valence-corrected chi connectivity index (χ1v) is 8.76. The first kappa shape index (κ1) is 20.4. The average molecular weight is 372 g/mol. The molecule has 7 nitrogen and oxygen atoms in total. The number of hydrogen-bond acceptors (Lipinski definition) is 4. The summed E-state index contributed by atoms with van der Waals surface area (Å²) in [4.78, 5) is 35.2. The molecule has 2 aromatic carbocycles. The van der Waals surface area contributed by atoms with Crippen molar-refractivity contribution in [2.75, 3.05) is 6.54 Å². The molecule has 0 aliphatic heterocycles. The van der Waals surface area contributed by atoms with Crippen LogP contribution in [0.3, 0.4) is 0 Å². The van der Waals surface area contributed by atoms with Crippen LogP contribution < -0.4 is 10.6 Å². The van der Waals surface area contributed by atoms with Gasteiger partial charge in [0.05, 0.1) is 0 Å². The number of rotatable bonds is 9. The van der Waals surface area contributed by atoms with Gasteiger partial charge in [-0.1, -0.05) is 44.2 Å². The van der Waals surface area contributed by atoms with Crippen LogP contribution in [0.5, 0.6) is 0 Å². The quantitative estimate of drug-likeness (QED) is 0.536. The summed E-state index contributed by atoms with van der Waals surface area (Å²) in [7, 11) is 0. The number of carbonyl (C=O) groups excluding carboxylic acids is 1. The van der Waals surface area contributed by atoms with Crippen molar-refractivity contribution in [2.45, 2.75) is 32.4 Å². The number of benzene rings is 2. The highest BCUT2D eigenvalue weighted by atomic mass is 16.4. The van der Waals surface area contributed by atoms with Crippen molar-refractivity contribution in [3.05, 3.63) is 48.0 Å². The Morgan fingerprint density at radius 3 is 2.15 bits per heavy atom. The Bertz CT molecular complexity index is 834.